The third-order valence-electron chi connectivity index (χ3n) is 4.67. The summed E-state index contributed by atoms with van der Waals surface area (Å²) in [7, 11) is 0. The standard InChI is InChI=1S/C17H25N3O/c1-13-5-9-20(10-6-13)11-8-19-17(21)15-2-3-16-14(12-15)4-7-18-16/h2-3,12-13,18H,4-11H2,1H3,(H,19,21). The minimum atomic E-state index is 0.0510. The molecule has 0 unspecified atom stereocenters. The number of carbonyl (C=O) groups is 1. The number of rotatable bonds is 4. The molecule has 0 aromatic heterocycles. The molecule has 1 amide bonds. The minimum Gasteiger partial charge on any atom is -0.384 e. The van der Waals surface area contributed by atoms with E-state index in [-0.39, 0.29) is 5.91 Å². The Kier molecular flexibility index (Phi) is 4.44. The number of amides is 1. The van der Waals surface area contributed by atoms with Crippen molar-refractivity contribution in [1.29, 1.82) is 0 Å². The van der Waals surface area contributed by atoms with Crippen molar-refractivity contribution in [3.8, 4) is 0 Å². The second-order valence-electron chi connectivity index (χ2n) is 6.33. The smallest absolute Gasteiger partial charge is 0.251 e. The monoisotopic (exact) mass is 287 g/mol. The number of nitrogens with one attached hydrogen (secondary N) is 2. The number of benzene rings is 1. The molecule has 0 saturated carbocycles. The quantitative estimate of drug-likeness (QED) is 0.891. The number of anilines is 1. The molecule has 1 aromatic carbocycles. The molecule has 1 saturated heterocycles. The molecule has 0 aliphatic carbocycles. The Morgan fingerprint density at radius 2 is 2.19 bits per heavy atom. The lowest BCUT2D eigenvalue weighted by Gasteiger charge is -2.30. The van der Waals surface area contributed by atoms with E-state index in [1.54, 1.807) is 0 Å². The van der Waals surface area contributed by atoms with Gasteiger partial charge in [0.05, 0.1) is 0 Å². The van der Waals surface area contributed by atoms with Crippen LogP contribution in [0.1, 0.15) is 35.7 Å². The van der Waals surface area contributed by atoms with Crippen LogP contribution in [0.4, 0.5) is 5.69 Å². The Hall–Kier alpha value is -1.55. The van der Waals surface area contributed by atoms with Gasteiger partial charge in [0.2, 0.25) is 0 Å². The normalized spacial score (nSPS) is 19.1. The maximum atomic E-state index is 12.2. The number of fused-ring (bicyclic) bond motifs is 1. The Morgan fingerprint density at radius 1 is 1.38 bits per heavy atom. The summed E-state index contributed by atoms with van der Waals surface area (Å²) in [6.45, 7) is 7.34. The van der Waals surface area contributed by atoms with Gasteiger partial charge >= 0.3 is 0 Å². The first-order valence-electron chi connectivity index (χ1n) is 8.10. The minimum absolute atomic E-state index is 0.0510. The molecule has 2 aliphatic rings. The zero-order chi connectivity index (χ0) is 14.7. The first-order chi connectivity index (χ1) is 10.2. The molecule has 2 aliphatic heterocycles. The van der Waals surface area contributed by atoms with E-state index in [9.17, 15) is 4.79 Å². The van der Waals surface area contributed by atoms with Crippen molar-refractivity contribution in [2.45, 2.75) is 26.2 Å². The Labute approximate surface area is 126 Å². The average Bonchev–Trinajstić information content (AvgIpc) is 2.96. The molecule has 3 rings (SSSR count). The summed E-state index contributed by atoms with van der Waals surface area (Å²) >= 11 is 0. The first-order valence-corrected chi connectivity index (χ1v) is 8.10. The van der Waals surface area contributed by atoms with E-state index in [1.807, 2.05) is 18.2 Å². The predicted octanol–water partition coefficient (Wildman–Crippen LogP) is 2.12. The first kappa shape index (κ1) is 14.4. The lowest BCUT2D eigenvalue weighted by Crippen LogP contribution is -2.39. The molecular weight excluding hydrogens is 262 g/mol. The third-order valence-corrected chi connectivity index (χ3v) is 4.67. The van der Waals surface area contributed by atoms with Crippen LogP contribution in [-0.2, 0) is 6.42 Å². The summed E-state index contributed by atoms with van der Waals surface area (Å²) in [5.41, 5.74) is 3.21. The van der Waals surface area contributed by atoms with Crippen molar-refractivity contribution in [1.82, 2.24) is 10.2 Å². The molecule has 0 atom stereocenters. The van der Waals surface area contributed by atoms with Gasteiger partial charge in [-0.05, 0) is 62.0 Å². The van der Waals surface area contributed by atoms with E-state index in [1.165, 1.54) is 37.2 Å². The van der Waals surface area contributed by atoms with Crippen LogP contribution in [0.3, 0.4) is 0 Å². The summed E-state index contributed by atoms with van der Waals surface area (Å²) in [6.07, 6.45) is 3.58. The summed E-state index contributed by atoms with van der Waals surface area (Å²) in [6, 6.07) is 5.95. The van der Waals surface area contributed by atoms with Crippen LogP contribution in [0, 0.1) is 5.92 Å². The lowest BCUT2D eigenvalue weighted by atomic mass is 9.99. The topological polar surface area (TPSA) is 44.4 Å². The van der Waals surface area contributed by atoms with Crippen LogP contribution in [0.5, 0.6) is 0 Å². The van der Waals surface area contributed by atoms with Gasteiger partial charge in [-0.15, -0.1) is 0 Å². The number of nitrogens with zero attached hydrogens (tertiary/aromatic N) is 1. The Balaban J connectivity index is 1.46. The molecule has 4 nitrogen and oxygen atoms in total. The second-order valence-corrected chi connectivity index (χ2v) is 6.33. The third kappa shape index (κ3) is 3.56. The highest BCUT2D eigenvalue weighted by molar-refractivity contribution is 5.95. The van der Waals surface area contributed by atoms with Crippen molar-refractivity contribution < 1.29 is 4.79 Å². The predicted molar refractivity (Wildman–Crippen MR) is 85.8 cm³/mol. The van der Waals surface area contributed by atoms with Crippen LogP contribution >= 0.6 is 0 Å². The molecule has 0 bridgehead atoms. The zero-order valence-electron chi connectivity index (χ0n) is 12.8. The van der Waals surface area contributed by atoms with Crippen molar-refractivity contribution in [3.05, 3.63) is 29.3 Å². The highest BCUT2D eigenvalue weighted by Crippen LogP contribution is 2.22. The van der Waals surface area contributed by atoms with E-state index in [0.717, 1.165) is 37.5 Å². The van der Waals surface area contributed by atoms with E-state index in [4.69, 9.17) is 0 Å². The molecule has 4 heteroatoms. The van der Waals surface area contributed by atoms with Gasteiger partial charge in [-0.25, -0.2) is 0 Å². The van der Waals surface area contributed by atoms with E-state index >= 15 is 0 Å². The molecular formula is C17H25N3O. The van der Waals surface area contributed by atoms with Gasteiger partial charge in [0.25, 0.3) is 5.91 Å². The van der Waals surface area contributed by atoms with Gasteiger partial charge in [0, 0.05) is 30.9 Å². The van der Waals surface area contributed by atoms with Crippen molar-refractivity contribution in [3.63, 3.8) is 0 Å². The van der Waals surface area contributed by atoms with Crippen LogP contribution < -0.4 is 10.6 Å². The summed E-state index contributed by atoms with van der Waals surface area (Å²) in [5.74, 6) is 0.908. The summed E-state index contributed by atoms with van der Waals surface area (Å²) in [5, 5.41) is 6.37. The highest BCUT2D eigenvalue weighted by Gasteiger charge is 2.16. The van der Waals surface area contributed by atoms with Crippen LogP contribution in [-0.4, -0.2) is 43.5 Å². The fraction of sp³-hybridized carbons (Fsp3) is 0.588. The molecule has 2 N–H and O–H groups in total. The summed E-state index contributed by atoms with van der Waals surface area (Å²) < 4.78 is 0. The van der Waals surface area contributed by atoms with Gasteiger partial charge in [-0.3, -0.25) is 4.79 Å². The van der Waals surface area contributed by atoms with Crippen molar-refractivity contribution >= 4 is 11.6 Å². The van der Waals surface area contributed by atoms with Gasteiger partial charge < -0.3 is 15.5 Å². The largest absolute Gasteiger partial charge is 0.384 e. The number of piperidine rings is 1. The fourth-order valence-electron chi connectivity index (χ4n) is 3.16. The van der Waals surface area contributed by atoms with Gasteiger partial charge in [-0.2, -0.15) is 0 Å². The van der Waals surface area contributed by atoms with Gasteiger partial charge in [-0.1, -0.05) is 6.92 Å². The second kappa shape index (κ2) is 6.48. The van der Waals surface area contributed by atoms with Crippen molar-refractivity contribution in [2.75, 3.05) is 38.0 Å². The molecule has 114 valence electrons. The number of likely N-dealkylation sites (tertiary alicyclic amines) is 1. The molecule has 21 heavy (non-hydrogen) atoms. The van der Waals surface area contributed by atoms with E-state index in [2.05, 4.69) is 22.5 Å². The van der Waals surface area contributed by atoms with E-state index < -0.39 is 0 Å². The highest BCUT2D eigenvalue weighted by atomic mass is 16.1. The van der Waals surface area contributed by atoms with E-state index in [0.29, 0.717) is 0 Å². The average molecular weight is 287 g/mol. The lowest BCUT2D eigenvalue weighted by molar-refractivity contribution is 0.0944. The fourth-order valence-corrected chi connectivity index (χ4v) is 3.16. The molecule has 0 radical (unpaired) electrons. The van der Waals surface area contributed by atoms with Crippen molar-refractivity contribution in [2.24, 2.45) is 5.92 Å². The maximum absolute atomic E-state index is 12.2. The zero-order valence-corrected chi connectivity index (χ0v) is 12.8. The molecule has 1 aromatic rings. The maximum Gasteiger partial charge on any atom is 0.251 e. The molecule has 2 heterocycles. The summed E-state index contributed by atoms with van der Waals surface area (Å²) in [4.78, 5) is 14.6. The van der Waals surface area contributed by atoms with Crippen LogP contribution in [0.25, 0.3) is 0 Å². The number of hydrogen-bond acceptors (Lipinski definition) is 3. The number of hydrogen-bond donors (Lipinski definition) is 2. The van der Waals surface area contributed by atoms with Gasteiger partial charge in [0.15, 0.2) is 0 Å². The Morgan fingerprint density at radius 3 is 3.00 bits per heavy atom. The van der Waals surface area contributed by atoms with Crippen LogP contribution in [0.15, 0.2) is 18.2 Å². The Bertz CT molecular complexity index is 507. The molecule has 0 spiro atoms. The molecule has 1 fully saturated rings. The van der Waals surface area contributed by atoms with Crippen LogP contribution in [0.2, 0.25) is 0 Å². The van der Waals surface area contributed by atoms with Gasteiger partial charge in [0.1, 0.15) is 0 Å². The SMILES string of the molecule is CC1CCN(CCNC(=O)c2ccc3c(c2)CCN3)CC1. The number of carbonyl (C=O) groups excluding carboxylic acids is 1.